The van der Waals surface area contributed by atoms with Gasteiger partial charge in [0.1, 0.15) is 16.3 Å². The van der Waals surface area contributed by atoms with E-state index in [9.17, 15) is 9.59 Å². The van der Waals surface area contributed by atoms with E-state index in [4.69, 9.17) is 10.3 Å². The second-order valence-corrected chi connectivity index (χ2v) is 7.56. The summed E-state index contributed by atoms with van der Waals surface area (Å²) in [5.41, 5.74) is 8.15. The van der Waals surface area contributed by atoms with Crippen LogP contribution in [0.1, 0.15) is 69.3 Å². The first kappa shape index (κ1) is 17.7. The molecule has 134 valence electrons. The number of hydrogen-bond acceptors (Lipinski definition) is 5. The van der Waals surface area contributed by atoms with Gasteiger partial charge in [-0.2, -0.15) is 0 Å². The zero-order chi connectivity index (χ0) is 18.1. The molecule has 2 heterocycles. The first-order valence-corrected chi connectivity index (χ1v) is 9.48. The predicted molar refractivity (Wildman–Crippen MR) is 97.2 cm³/mol. The van der Waals surface area contributed by atoms with Crippen LogP contribution >= 0.6 is 11.3 Å². The highest BCUT2D eigenvalue weighted by Crippen LogP contribution is 2.40. The third kappa shape index (κ3) is 3.20. The second-order valence-electron chi connectivity index (χ2n) is 6.46. The van der Waals surface area contributed by atoms with Crippen molar-refractivity contribution in [3.63, 3.8) is 0 Å². The van der Waals surface area contributed by atoms with E-state index in [1.54, 1.807) is 6.92 Å². The van der Waals surface area contributed by atoms with Gasteiger partial charge >= 0.3 is 0 Å². The van der Waals surface area contributed by atoms with Crippen LogP contribution in [-0.2, 0) is 19.3 Å². The van der Waals surface area contributed by atoms with Crippen LogP contribution in [0.2, 0.25) is 0 Å². The van der Waals surface area contributed by atoms with E-state index in [-0.39, 0.29) is 5.91 Å². The van der Waals surface area contributed by atoms with Gasteiger partial charge in [0.15, 0.2) is 0 Å². The number of amides is 2. The van der Waals surface area contributed by atoms with Crippen LogP contribution < -0.4 is 11.1 Å². The maximum Gasteiger partial charge on any atom is 0.261 e. The first-order chi connectivity index (χ1) is 12.0. The molecule has 0 spiro atoms. The highest BCUT2D eigenvalue weighted by Gasteiger charge is 2.29. The third-order valence-electron chi connectivity index (χ3n) is 4.91. The van der Waals surface area contributed by atoms with E-state index in [1.807, 2.05) is 6.92 Å². The van der Waals surface area contributed by atoms with Crippen molar-refractivity contribution in [2.75, 3.05) is 5.32 Å². The van der Waals surface area contributed by atoms with Crippen LogP contribution in [0.5, 0.6) is 0 Å². The molecule has 2 aromatic rings. The van der Waals surface area contributed by atoms with Crippen LogP contribution in [0, 0.1) is 12.8 Å². The highest BCUT2D eigenvalue weighted by atomic mass is 32.1. The molecule has 0 fully saturated rings. The van der Waals surface area contributed by atoms with Crippen molar-refractivity contribution in [2.24, 2.45) is 11.7 Å². The van der Waals surface area contributed by atoms with E-state index < -0.39 is 5.91 Å². The average molecular weight is 361 g/mol. The number of anilines is 1. The normalized spacial score (nSPS) is 16.5. The molecule has 0 aromatic carbocycles. The van der Waals surface area contributed by atoms with Gasteiger partial charge in [-0.1, -0.05) is 25.4 Å². The van der Waals surface area contributed by atoms with Crippen LogP contribution in [-0.4, -0.2) is 17.0 Å². The summed E-state index contributed by atoms with van der Waals surface area (Å²) in [4.78, 5) is 25.9. The molecule has 1 atom stereocenters. The molecule has 3 N–H and O–H groups in total. The number of nitrogens with one attached hydrogen (secondary N) is 1. The number of fused-ring (bicyclic) bond motifs is 1. The Morgan fingerprint density at radius 1 is 1.36 bits per heavy atom. The van der Waals surface area contributed by atoms with Gasteiger partial charge in [-0.25, -0.2) is 0 Å². The van der Waals surface area contributed by atoms with Crippen molar-refractivity contribution in [1.82, 2.24) is 5.16 Å². The van der Waals surface area contributed by atoms with Gasteiger partial charge in [0, 0.05) is 4.88 Å². The summed E-state index contributed by atoms with van der Waals surface area (Å²) in [5.74, 6) is 0.314. The number of hydrogen-bond donors (Lipinski definition) is 2. The molecule has 2 amide bonds. The minimum absolute atomic E-state index is 0.302. The molecule has 25 heavy (non-hydrogen) atoms. The molecule has 1 aliphatic carbocycles. The molecule has 0 unspecified atom stereocenters. The number of nitrogens with two attached hydrogens (primary N) is 1. The molecule has 0 saturated heterocycles. The molecule has 0 saturated carbocycles. The third-order valence-corrected chi connectivity index (χ3v) is 6.08. The van der Waals surface area contributed by atoms with Gasteiger partial charge in [-0.3, -0.25) is 9.59 Å². The zero-order valence-electron chi connectivity index (χ0n) is 14.8. The summed E-state index contributed by atoms with van der Waals surface area (Å²) >= 11 is 1.47. The van der Waals surface area contributed by atoms with Crippen molar-refractivity contribution in [1.29, 1.82) is 0 Å². The monoisotopic (exact) mass is 361 g/mol. The number of aryl methyl sites for hydroxylation is 2. The number of rotatable bonds is 5. The summed E-state index contributed by atoms with van der Waals surface area (Å²) in [6.45, 7) is 5.81. The summed E-state index contributed by atoms with van der Waals surface area (Å²) in [5, 5.41) is 7.34. The molecule has 2 aromatic heterocycles. The minimum Gasteiger partial charge on any atom is -0.365 e. The topological polar surface area (TPSA) is 98.2 Å². The number of aromatic nitrogens is 1. The Balaban J connectivity index is 1.95. The smallest absolute Gasteiger partial charge is 0.261 e. The molecule has 0 radical (unpaired) electrons. The Hall–Kier alpha value is -2.15. The fraction of sp³-hybridized carbons (Fsp3) is 0.500. The molecular formula is C18H23N3O3S. The van der Waals surface area contributed by atoms with Crippen molar-refractivity contribution < 1.29 is 14.1 Å². The Labute approximate surface area is 150 Å². The Bertz CT molecular complexity index is 822. The lowest BCUT2D eigenvalue weighted by molar-refractivity contribution is 0.1000. The summed E-state index contributed by atoms with van der Waals surface area (Å²) in [6, 6.07) is 0. The Kier molecular flexibility index (Phi) is 4.94. The lowest BCUT2D eigenvalue weighted by Gasteiger charge is -2.20. The fourth-order valence-electron chi connectivity index (χ4n) is 3.47. The fourth-order valence-corrected chi connectivity index (χ4v) is 4.83. The van der Waals surface area contributed by atoms with E-state index in [0.717, 1.165) is 31.2 Å². The van der Waals surface area contributed by atoms with Crippen molar-refractivity contribution in [2.45, 2.75) is 52.9 Å². The van der Waals surface area contributed by atoms with Crippen LogP contribution in [0.25, 0.3) is 0 Å². The van der Waals surface area contributed by atoms with Crippen LogP contribution in [0.3, 0.4) is 0 Å². The molecule has 6 nitrogen and oxygen atoms in total. The number of nitrogens with zero attached hydrogens (tertiary/aromatic N) is 1. The molecule has 3 rings (SSSR count). The van der Waals surface area contributed by atoms with Gasteiger partial charge in [0.25, 0.3) is 11.8 Å². The van der Waals surface area contributed by atoms with Crippen molar-refractivity contribution >= 4 is 28.2 Å². The standard InChI is InChI=1S/C18H23N3O3S/c1-4-10-6-7-11-13(8-10)25-18(15(11)16(19)22)20-17(23)14-9(3)24-21-12(14)5-2/h10H,4-8H2,1-3H3,(H2,19,22)(H,20,23)/t10-/m1/s1. The molecule has 0 bridgehead atoms. The predicted octanol–water partition coefficient (Wildman–Crippen LogP) is 3.47. The molecule has 7 heteroatoms. The highest BCUT2D eigenvalue weighted by molar-refractivity contribution is 7.17. The average Bonchev–Trinajstić information content (AvgIpc) is 3.13. The van der Waals surface area contributed by atoms with Gasteiger partial charge < -0.3 is 15.6 Å². The van der Waals surface area contributed by atoms with Gasteiger partial charge in [-0.15, -0.1) is 11.3 Å². The molecule has 0 aliphatic heterocycles. The van der Waals surface area contributed by atoms with E-state index in [0.29, 0.717) is 39.9 Å². The van der Waals surface area contributed by atoms with Gasteiger partial charge in [0.05, 0.1) is 11.3 Å². The maximum absolute atomic E-state index is 12.7. The largest absolute Gasteiger partial charge is 0.365 e. The van der Waals surface area contributed by atoms with Crippen LogP contribution in [0.15, 0.2) is 4.52 Å². The minimum atomic E-state index is -0.486. The van der Waals surface area contributed by atoms with E-state index >= 15 is 0 Å². The molecular weight excluding hydrogens is 338 g/mol. The lowest BCUT2D eigenvalue weighted by atomic mass is 9.85. The van der Waals surface area contributed by atoms with E-state index in [1.165, 1.54) is 16.2 Å². The first-order valence-electron chi connectivity index (χ1n) is 8.67. The van der Waals surface area contributed by atoms with Gasteiger partial charge in [-0.05, 0) is 44.1 Å². The quantitative estimate of drug-likeness (QED) is 0.852. The summed E-state index contributed by atoms with van der Waals surface area (Å²) in [6.07, 6.45) is 4.55. The van der Waals surface area contributed by atoms with Crippen molar-refractivity contribution in [3.05, 3.63) is 33.0 Å². The number of primary amides is 1. The number of carbonyl (C=O) groups is 2. The second kappa shape index (κ2) is 7.00. The van der Waals surface area contributed by atoms with Gasteiger partial charge in [0.2, 0.25) is 0 Å². The summed E-state index contributed by atoms with van der Waals surface area (Å²) in [7, 11) is 0. The lowest BCUT2D eigenvalue weighted by Crippen LogP contribution is -2.20. The molecule has 1 aliphatic rings. The number of thiophene rings is 1. The maximum atomic E-state index is 12.7. The Morgan fingerprint density at radius 2 is 2.12 bits per heavy atom. The summed E-state index contributed by atoms with van der Waals surface area (Å²) < 4.78 is 5.13. The zero-order valence-corrected chi connectivity index (χ0v) is 15.6. The Morgan fingerprint density at radius 3 is 2.76 bits per heavy atom. The number of carbonyl (C=O) groups excluding carboxylic acids is 2. The van der Waals surface area contributed by atoms with E-state index in [2.05, 4.69) is 17.4 Å². The SMILES string of the molecule is CCc1noc(C)c1C(=O)Nc1sc2c(c1C(N)=O)CC[C@@H](CC)C2. The van der Waals surface area contributed by atoms with Crippen LogP contribution in [0.4, 0.5) is 5.00 Å². The van der Waals surface area contributed by atoms with Crippen molar-refractivity contribution in [3.8, 4) is 0 Å².